The van der Waals surface area contributed by atoms with E-state index in [0.29, 0.717) is 17.7 Å². The van der Waals surface area contributed by atoms with Gasteiger partial charge in [-0.3, -0.25) is 9.59 Å². The van der Waals surface area contributed by atoms with Gasteiger partial charge < -0.3 is 11.1 Å². The third kappa shape index (κ3) is 8.24. The third-order valence-electron chi connectivity index (χ3n) is 3.25. The zero-order chi connectivity index (χ0) is 14.8. The van der Waals surface area contributed by atoms with Crippen LogP contribution >= 0.6 is 0 Å². The molecule has 4 nitrogen and oxygen atoms in total. The van der Waals surface area contributed by atoms with Crippen LogP contribution in [0, 0.1) is 0 Å². The molecule has 2 amide bonds. The molecular weight excluding hydrogens is 275 g/mol. The molecule has 0 saturated heterocycles. The Morgan fingerprint density at radius 1 is 0.952 bits per heavy atom. The fourth-order valence-electron chi connectivity index (χ4n) is 2.00. The Morgan fingerprint density at radius 3 is 2.05 bits per heavy atom. The number of primary amides is 1. The van der Waals surface area contributed by atoms with Gasteiger partial charge in [0.05, 0.1) is 0 Å². The standard InChI is InChI=1S/C16H24N2O2.Na.H/c1-2-3-4-5-6-7-12-18-16(20)14-10-8-13(9-11-14)15(17)19;;/h8-11H,2-7,12H2,1H3,(H2,17,19)(H,18,20);;. The van der Waals surface area contributed by atoms with Gasteiger partial charge in [-0.15, -0.1) is 0 Å². The predicted octanol–water partition coefficient (Wildman–Crippen LogP) is 2.23. The number of carbonyl (C=O) groups excluding carboxylic acids is 2. The zero-order valence-electron chi connectivity index (χ0n) is 12.2. The molecule has 0 spiro atoms. The van der Waals surface area contributed by atoms with Crippen molar-refractivity contribution < 1.29 is 9.59 Å². The SMILES string of the molecule is CCCCCCCCNC(=O)c1ccc(C(N)=O)cc1.[NaH]. The number of benzene rings is 1. The van der Waals surface area contributed by atoms with E-state index in [-0.39, 0.29) is 35.5 Å². The summed E-state index contributed by atoms with van der Waals surface area (Å²) in [4.78, 5) is 22.8. The normalized spacial score (nSPS) is 9.76. The van der Waals surface area contributed by atoms with E-state index in [0.717, 1.165) is 12.8 Å². The fourth-order valence-corrected chi connectivity index (χ4v) is 2.00. The Kier molecular flexibility index (Phi) is 11.3. The van der Waals surface area contributed by atoms with Crippen LogP contribution in [0.2, 0.25) is 0 Å². The molecule has 3 N–H and O–H groups in total. The van der Waals surface area contributed by atoms with Gasteiger partial charge in [-0.05, 0) is 30.7 Å². The van der Waals surface area contributed by atoms with E-state index in [1.54, 1.807) is 24.3 Å². The van der Waals surface area contributed by atoms with E-state index in [2.05, 4.69) is 12.2 Å². The average molecular weight is 300 g/mol. The van der Waals surface area contributed by atoms with Crippen LogP contribution in [0.4, 0.5) is 0 Å². The van der Waals surface area contributed by atoms with Gasteiger partial charge in [-0.1, -0.05) is 39.0 Å². The van der Waals surface area contributed by atoms with E-state index < -0.39 is 5.91 Å². The first-order chi connectivity index (χ1) is 9.65. The van der Waals surface area contributed by atoms with Crippen molar-refractivity contribution in [3.63, 3.8) is 0 Å². The molecule has 0 fully saturated rings. The van der Waals surface area contributed by atoms with Gasteiger partial charge in [0.15, 0.2) is 0 Å². The van der Waals surface area contributed by atoms with Gasteiger partial charge in [-0.25, -0.2) is 0 Å². The van der Waals surface area contributed by atoms with Crippen LogP contribution in [0.5, 0.6) is 0 Å². The summed E-state index contributed by atoms with van der Waals surface area (Å²) >= 11 is 0. The molecule has 0 aliphatic carbocycles. The summed E-state index contributed by atoms with van der Waals surface area (Å²) < 4.78 is 0. The monoisotopic (exact) mass is 300 g/mol. The molecule has 0 bridgehead atoms. The molecule has 0 unspecified atom stereocenters. The Balaban J connectivity index is 0.00000400. The molecule has 0 heterocycles. The molecule has 0 aromatic heterocycles. The minimum atomic E-state index is -0.482. The summed E-state index contributed by atoms with van der Waals surface area (Å²) in [5.74, 6) is -0.585. The number of unbranched alkanes of at least 4 members (excludes halogenated alkanes) is 5. The Labute approximate surface area is 149 Å². The second-order valence-electron chi connectivity index (χ2n) is 4.97. The maximum absolute atomic E-state index is 11.8. The second kappa shape index (κ2) is 11.8. The molecule has 0 aliphatic rings. The van der Waals surface area contributed by atoms with Crippen molar-refractivity contribution in [2.75, 3.05) is 6.54 Å². The summed E-state index contributed by atoms with van der Waals surface area (Å²) in [5, 5.41) is 2.88. The predicted molar refractivity (Wildman–Crippen MR) is 87.8 cm³/mol. The first-order valence-corrected chi connectivity index (χ1v) is 7.33. The Morgan fingerprint density at radius 2 is 1.48 bits per heavy atom. The van der Waals surface area contributed by atoms with Crippen LogP contribution in [0.15, 0.2) is 24.3 Å². The van der Waals surface area contributed by atoms with Gasteiger partial charge in [0.2, 0.25) is 5.91 Å². The van der Waals surface area contributed by atoms with Crippen LogP contribution in [0.3, 0.4) is 0 Å². The van der Waals surface area contributed by atoms with Crippen molar-refractivity contribution in [3.8, 4) is 0 Å². The number of carbonyl (C=O) groups is 2. The van der Waals surface area contributed by atoms with E-state index in [9.17, 15) is 9.59 Å². The van der Waals surface area contributed by atoms with Crippen LogP contribution in [0.1, 0.15) is 66.2 Å². The Bertz CT molecular complexity index is 432. The van der Waals surface area contributed by atoms with Crippen molar-refractivity contribution in [3.05, 3.63) is 35.4 Å². The Hall–Kier alpha value is -0.840. The van der Waals surface area contributed by atoms with Gasteiger partial charge in [0.25, 0.3) is 5.91 Å². The number of hydrogen-bond acceptors (Lipinski definition) is 2. The molecular formula is C16H25N2NaO2. The molecule has 0 aliphatic heterocycles. The molecule has 1 aromatic rings. The molecule has 1 rings (SSSR count). The second-order valence-corrected chi connectivity index (χ2v) is 4.97. The van der Waals surface area contributed by atoms with E-state index in [4.69, 9.17) is 5.73 Å². The minimum absolute atomic E-state index is 0. The van der Waals surface area contributed by atoms with E-state index >= 15 is 0 Å². The molecule has 5 heteroatoms. The van der Waals surface area contributed by atoms with Crippen molar-refractivity contribution >= 4 is 41.4 Å². The molecule has 0 radical (unpaired) electrons. The molecule has 1 aromatic carbocycles. The van der Waals surface area contributed by atoms with Crippen molar-refractivity contribution in [2.24, 2.45) is 5.73 Å². The number of rotatable bonds is 9. The molecule has 0 saturated carbocycles. The van der Waals surface area contributed by atoms with Gasteiger partial charge in [-0.2, -0.15) is 0 Å². The van der Waals surface area contributed by atoms with Crippen LogP contribution < -0.4 is 11.1 Å². The summed E-state index contributed by atoms with van der Waals surface area (Å²) in [6, 6.07) is 6.39. The summed E-state index contributed by atoms with van der Waals surface area (Å²) in [5.41, 5.74) is 6.12. The molecule has 0 atom stereocenters. The van der Waals surface area contributed by atoms with Crippen molar-refractivity contribution in [1.29, 1.82) is 0 Å². The van der Waals surface area contributed by atoms with Crippen molar-refractivity contribution in [1.82, 2.24) is 5.32 Å². The third-order valence-corrected chi connectivity index (χ3v) is 3.25. The van der Waals surface area contributed by atoms with Crippen LogP contribution in [0.25, 0.3) is 0 Å². The van der Waals surface area contributed by atoms with E-state index in [1.165, 1.54) is 25.7 Å². The van der Waals surface area contributed by atoms with Gasteiger partial charge in [0, 0.05) is 17.7 Å². The first-order valence-electron chi connectivity index (χ1n) is 7.33. The summed E-state index contributed by atoms with van der Waals surface area (Å²) in [6.45, 7) is 2.90. The van der Waals surface area contributed by atoms with E-state index in [1.807, 2.05) is 0 Å². The number of hydrogen-bond donors (Lipinski definition) is 2. The molecule has 112 valence electrons. The van der Waals surface area contributed by atoms with Gasteiger partial charge in [0.1, 0.15) is 0 Å². The number of nitrogens with one attached hydrogen (secondary N) is 1. The maximum atomic E-state index is 11.8. The molecule has 21 heavy (non-hydrogen) atoms. The fraction of sp³-hybridized carbons (Fsp3) is 0.500. The zero-order valence-corrected chi connectivity index (χ0v) is 12.2. The summed E-state index contributed by atoms with van der Waals surface area (Å²) in [7, 11) is 0. The number of amides is 2. The quantitative estimate of drug-likeness (QED) is 0.542. The van der Waals surface area contributed by atoms with Gasteiger partial charge >= 0.3 is 29.6 Å². The van der Waals surface area contributed by atoms with Crippen LogP contribution in [-0.4, -0.2) is 47.9 Å². The van der Waals surface area contributed by atoms with Crippen LogP contribution in [-0.2, 0) is 0 Å². The topological polar surface area (TPSA) is 72.2 Å². The number of nitrogens with two attached hydrogens (primary N) is 1. The average Bonchev–Trinajstić information content (AvgIpc) is 2.46. The van der Waals surface area contributed by atoms with Crippen molar-refractivity contribution in [2.45, 2.75) is 45.4 Å². The first kappa shape index (κ1) is 20.2. The summed E-state index contributed by atoms with van der Waals surface area (Å²) in [6.07, 6.45) is 7.21.